The summed E-state index contributed by atoms with van der Waals surface area (Å²) in [5.41, 5.74) is 2.81. The van der Waals surface area contributed by atoms with Crippen molar-refractivity contribution in [3.05, 3.63) is 59.7 Å². The van der Waals surface area contributed by atoms with E-state index >= 15 is 0 Å². The Morgan fingerprint density at radius 2 is 1.78 bits per heavy atom. The number of hydrogen-bond donors (Lipinski definition) is 0. The number of carbonyl (C=O) groups excluding carboxylic acids is 1. The number of anilines is 1. The van der Waals surface area contributed by atoms with Gasteiger partial charge in [-0.2, -0.15) is 0 Å². The van der Waals surface area contributed by atoms with E-state index in [1.54, 1.807) is 29.2 Å². The molecular formula is C20H24N2O4S. The Balaban J connectivity index is 1.76. The predicted octanol–water partition coefficient (Wildman–Crippen LogP) is 2.44. The molecule has 0 saturated carbocycles. The lowest BCUT2D eigenvalue weighted by Gasteiger charge is -2.31. The van der Waals surface area contributed by atoms with Gasteiger partial charge in [-0.25, -0.2) is 8.42 Å². The average Bonchev–Trinajstić information content (AvgIpc) is 2.65. The Morgan fingerprint density at radius 1 is 1.11 bits per heavy atom. The predicted molar refractivity (Wildman–Crippen MR) is 105 cm³/mol. The van der Waals surface area contributed by atoms with Crippen LogP contribution in [0.2, 0.25) is 0 Å². The van der Waals surface area contributed by atoms with Crippen LogP contribution in [0.25, 0.3) is 0 Å². The Labute approximate surface area is 160 Å². The molecule has 0 aliphatic carbocycles. The lowest BCUT2D eigenvalue weighted by Crippen LogP contribution is -2.44. The number of ether oxygens (including phenoxy) is 1. The monoisotopic (exact) mass is 388 g/mol. The minimum absolute atomic E-state index is 0.205. The number of carbonyl (C=O) groups is 1. The summed E-state index contributed by atoms with van der Waals surface area (Å²) in [6.45, 7) is 3.30. The molecule has 27 heavy (non-hydrogen) atoms. The standard InChI is InChI=1S/C20H24N2O4S/c1-3-26-19-10-8-18(9-11-19)22(27(2,24)25)15-20(23)21-13-12-16-6-4-5-7-17(16)14-21/h4-11H,3,12-15H2,1-2H3. The van der Waals surface area contributed by atoms with Gasteiger partial charge in [0.15, 0.2) is 0 Å². The van der Waals surface area contributed by atoms with Gasteiger partial charge in [0, 0.05) is 13.1 Å². The van der Waals surface area contributed by atoms with Crippen LogP contribution >= 0.6 is 0 Å². The Kier molecular flexibility index (Phi) is 5.70. The fourth-order valence-electron chi connectivity index (χ4n) is 3.21. The van der Waals surface area contributed by atoms with E-state index in [0.717, 1.165) is 22.5 Å². The van der Waals surface area contributed by atoms with E-state index in [1.807, 2.05) is 25.1 Å². The second kappa shape index (κ2) is 8.00. The number of rotatable bonds is 6. The number of sulfonamides is 1. The summed E-state index contributed by atoms with van der Waals surface area (Å²) in [7, 11) is -3.59. The van der Waals surface area contributed by atoms with E-state index in [2.05, 4.69) is 6.07 Å². The van der Waals surface area contributed by atoms with Crippen LogP contribution in [0, 0.1) is 0 Å². The van der Waals surface area contributed by atoms with E-state index < -0.39 is 10.0 Å². The normalized spacial score (nSPS) is 13.8. The zero-order valence-electron chi connectivity index (χ0n) is 15.6. The first kappa shape index (κ1) is 19.2. The summed E-state index contributed by atoms with van der Waals surface area (Å²) >= 11 is 0. The molecule has 1 heterocycles. The van der Waals surface area contributed by atoms with Gasteiger partial charge in [-0.05, 0) is 48.7 Å². The van der Waals surface area contributed by atoms with Gasteiger partial charge in [0.25, 0.3) is 0 Å². The van der Waals surface area contributed by atoms with Crippen LogP contribution in [-0.4, -0.2) is 45.2 Å². The van der Waals surface area contributed by atoms with E-state index in [1.165, 1.54) is 5.56 Å². The number of hydrogen-bond acceptors (Lipinski definition) is 4. The summed E-state index contributed by atoms with van der Waals surface area (Å²) in [5.74, 6) is 0.456. The fraction of sp³-hybridized carbons (Fsp3) is 0.350. The van der Waals surface area contributed by atoms with Crippen LogP contribution in [0.3, 0.4) is 0 Å². The van der Waals surface area contributed by atoms with Crippen molar-refractivity contribution in [1.82, 2.24) is 4.90 Å². The number of nitrogens with zero attached hydrogens (tertiary/aromatic N) is 2. The smallest absolute Gasteiger partial charge is 0.243 e. The summed E-state index contributed by atoms with van der Waals surface area (Å²) in [6, 6.07) is 14.8. The lowest BCUT2D eigenvalue weighted by molar-refractivity contribution is -0.130. The first-order valence-electron chi connectivity index (χ1n) is 8.93. The largest absolute Gasteiger partial charge is 0.494 e. The van der Waals surface area contributed by atoms with Gasteiger partial charge < -0.3 is 9.64 Å². The molecule has 0 aromatic heterocycles. The molecule has 0 spiro atoms. The molecule has 1 amide bonds. The first-order chi connectivity index (χ1) is 12.9. The fourth-order valence-corrected chi connectivity index (χ4v) is 4.06. The number of amides is 1. The number of fused-ring (bicyclic) bond motifs is 1. The van der Waals surface area contributed by atoms with Crippen LogP contribution < -0.4 is 9.04 Å². The molecule has 1 aliphatic heterocycles. The van der Waals surface area contributed by atoms with Crippen molar-refractivity contribution in [2.75, 3.05) is 30.3 Å². The van der Waals surface area contributed by atoms with Gasteiger partial charge in [0.1, 0.15) is 12.3 Å². The van der Waals surface area contributed by atoms with Gasteiger partial charge >= 0.3 is 0 Å². The highest BCUT2D eigenvalue weighted by Gasteiger charge is 2.26. The molecule has 1 aliphatic rings. The summed E-state index contributed by atoms with van der Waals surface area (Å²) in [4.78, 5) is 14.5. The second-order valence-electron chi connectivity index (χ2n) is 6.53. The van der Waals surface area contributed by atoms with E-state index in [9.17, 15) is 13.2 Å². The Morgan fingerprint density at radius 3 is 2.41 bits per heavy atom. The molecule has 0 saturated heterocycles. The van der Waals surface area contributed by atoms with Gasteiger partial charge in [-0.15, -0.1) is 0 Å². The molecule has 0 unspecified atom stereocenters. The Hall–Kier alpha value is -2.54. The van der Waals surface area contributed by atoms with Crippen molar-refractivity contribution >= 4 is 21.6 Å². The van der Waals surface area contributed by atoms with Gasteiger partial charge in [-0.1, -0.05) is 24.3 Å². The lowest BCUT2D eigenvalue weighted by atomic mass is 10.00. The zero-order chi connectivity index (χ0) is 19.4. The maximum absolute atomic E-state index is 12.8. The Bertz CT molecular complexity index is 910. The molecule has 0 radical (unpaired) electrons. The molecule has 7 heteroatoms. The molecule has 0 bridgehead atoms. The van der Waals surface area contributed by atoms with Gasteiger partial charge in [0.05, 0.1) is 18.6 Å². The van der Waals surface area contributed by atoms with Crippen molar-refractivity contribution in [2.24, 2.45) is 0 Å². The van der Waals surface area contributed by atoms with Gasteiger partial charge in [-0.3, -0.25) is 9.10 Å². The summed E-state index contributed by atoms with van der Waals surface area (Å²) < 4.78 is 31.1. The SMILES string of the molecule is CCOc1ccc(N(CC(=O)N2CCc3ccccc3C2)S(C)(=O)=O)cc1. The highest BCUT2D eigenvalue weighted by atomic mass is 32.2. The molecule has 6 nitrogen and oxygen atoms in total. The maximum Gasteiger partial charge on any atom is 0.243 e. The molecule has 2 aromatic rings. The third-order valence-electron chi connectivity index (χ3n) is 4.60. The van der Waals surface area contributed by atoms with E-state index in [0.29, 0.717) is 31.1 Å². The first-order valence-corrected chi connectivity index (χ1v) is 10.8. The minimum Gasteiger partial charge on any atom is -0.494 e. The van der Waals surface area contributed by atoms with Crippen molar-refractivity contribution in [3.63, 3.8) is 0 Å². The van der Waals surface area contributed by atoms with Gasteiger partial charge in [0.2, 0.25) is 15.9 Å². The van der Waals surface area contributed by atoms with Crippen molar-refractivity contribution in [3.8, 4) is 5.75 Å². The average molecular weight is 388 g/mol. The van der Waals surface area contributed by atoms with Crippen LogP contribution in [0.1, 0.15) is 18.1 Å². The molecule has 0 atom stereocenters. The molecular weight excluding hydrogens is 364 g/mol. The highest BCUT2D eigenvalue weighted by molar-refractivity contribution is 7.92. The van der Waals surface area contributed by atoms with Crippen LogP contribution in [-0.2, 0) is 27.8 Å². The molecule has 0 fully saturated rings. The quantitative estimate of drug-likeness (QED) is 0.762. The number of benzene rings is 2. The molecule has 2 aromatic carbocycles. The zero-order valence-corrected chi connectivity index (χ0v) is 16.4. The third kappa shape index (κ3) is 4.60. The van der Waals surface area contributed by atoms with Crippen molar-refractivity contribution in [1.29, 1.82) is 0 Å². The van der Waals surface area contributed by atoms with Crippen molar-refractivity contribution < 1.29 is 17.9 Å². The van der Waals surface area contributed by atoms with Crippen LogP contribution in [0.15, 0.2) is 48.5 Å². The molecule has 144 valence electrons. The molecule has 0 N–H and O–H groups in total. The maximum atomic E-state index is 12.8. The minimum atomic E-state index is -3.59. The van der Waals surface area contributed by atoms with E-state index in [-0.39, 0.29) is 12.5 Å². The second-order valence-corrected chi connectivity index (χ2v) is 8.44. The summed E-state index contributed by atoms with van der Waals surface area (Å²) in [6.07, 6.45) is 1.89. The topological polar surface area (TPSA) is 66.9 Å². The van der Waals surface area contributed by atoms with E-state index in [4.69, 9.17) is 4.74 Å². The summed E-state index contributed by atoms with van der Waals surface area (Å²) in [5, 5.41) is 0. The highest BCUT2D eigenvalue weighted by Crippen LogP contribution is 2.23. The van der Waals surface area contributed by atoms with Crippen LogP contribution in [0.5, 0.6) is 5.75 Å². The third-order valence-corrected chi connectivity index (χ3v) is 5.74. The van der Waals surface area contributed by atoms with Crippen LogP contribution in [0.4, 0.5) is 5.69 Å². The molecule has 3 rings (SSSR count). The van der Waals surface area contributed by atoms with Crippen molar-refractivity contribution in [2.45, 2.75) is 19.9 Å².